The van der Waals surface area contributed by atoms with Gasteiger partial charge in [0.25, 0.3) is 0 Å². The van der Waals surface area contributed by atoms with Crippen LogP contribution in [0.4, 0.5) is 0 Å². The van der Waals surface area contributed by atoms with Gasteiger partial charge in [-0.2, -0.15) is 0 Å². The van der Waals surface area contributed by atoms with Crippen LogP contribution in [-0.2, 0) is 9.59 Å². The zero-order valence-corrected chi connectivity index (χ0v) is 11.7. The maximum Gasteiger partial charge on any atom is 0.233 e. The van der Waals surface area contributed by atoms with Gasteiger partial charge in [0.15, 0.2) is 0 Å². The van der Waals surface area contributed by atoms with Gasteiger partial charge in [-0.15, -0.1) is 0 Å². The van der Waals surface area contributed by atoms with Crippen molar-refractivity contribution in [2.45, 2.75) is 11.9 Å². The third kappa shape index (κ3) is 3.96. The number of hydrogen-bond acceptors (Lipinski definition) is 4. The SMILES string of the molecule is CC(=O)N1CCN(C(=O)CSc2ccccn2)CC1. The molecule has 0 aromatic carbocycles. The number of carbonyl (C=O) groups excluding carboxylic acids is 2. The van der Waals surface area contributed by atoms with Crippen LogP contribution in [0.15, 0.2) is 29.4 Å². The second-order valence-corrected chi connectivity index (χ2v) is 5.34. The van der Waals surface area contributed by atoms with Crippen molar-refractivity contribution in [3.63, 3.8) is 0 Å². The van der Waals surface area contributed by atoms with Crippen LogP contribution in [0.25, 0.3) is 0 Å². The Morgan fingerprint density at radius 1 is 1.21 bits per heavy atom. The molecule has 0 atom stereocenters. The van der Waals surface area contributed by atoms with E-state index < -0.39 is 0 Å². The van der Waals surface area contributed by atoms with Crippen molar-refractivity contribution in [3.05, 3.63) is 24.4 Å². The second-order valence-electron chi connectivity index (χ2n) is 4.34. The van der Waals surface area contributed by atoms with Crippen molar-refractivity contribution in [1.82, 2.24) is 14.8 Å². The summed E-state index contributed by atoms with van der Waals surface area (Å²) < 4.78 is 0. The van der Waals surface area contributed by atoms with Crippen LogP contribution in [0.2, 0.25) is 0 Å². The molecule has 0 saturated carbocycles. The summed E-state index contributed by atoms with van der Waals surface area (Å²) in [6, 6.07) is 5.66. The van der Waals surface area contributed by atoms with Crippen molar-refractivity contribution in [3.8, 4) is 0 Å². The Morgan fingerprint density at radius 2 is 1.89 bits per heavy atom. The average molecular weight is 279 g/mol. The van der Waals surface area contributed by atoms with Crippen LogP contribution in [0.5, 0.6) is 0 Å². The molecule has 2 rings (SSSR count). The molecule has 0 aliphatic carbocycles. The van der Waals surface area contributed by atoms with Gasteiger partial charge < -0.3 is 9.80 Å². The van der Waals surface area contributed by atoms with Crippen molar-refractivity contribution >= 4 is 23.6 Å². The van der Waals surface area contributed by atoms with Gasteiger partial charge in [-0.3, -0.25) is 9.59 Å². The van der Waals surface area contributed by atoms with Gasteiger partial charge in [0.05, 0.1) is 10.8 Å². The minimum Gasteiger partial charge on any atom is -0.339 e. The molecule has 19 heavy (non-hydrogen) atoms. The van der Waals surface area contributed by atoms with E-state index in [0.717, 1.165) is 5.03 Å². The Balaban J connectivity index is 1.77. The highest BCUT2D eigenvalue weighted by atomic mass is 32.2. The van der Waals surface area contributed by atoms with Gasteiger partial charge in [-0.05, 0) is 12.1 Å². The van der Waals surface area contributed by atoms with E-state index in [0.29, 0.717) is 31.9 Å². The zero-order valence-electron chi connectivity index (χ0n) is 10.9. The third-order valence-electron chi connectivity index (χ3n) is 3.06. The Hall–Kier alpha value is -1.56. The summed E-state index contributed by atoms with van der Waals surface area (Å²) in [6.45, 7) is 4.08. The molecule has 6 heteroatoms. The Bertz CT molecular complexity index is 444. The van der Waals surface area contributed by atoms with Crippen LogP contribution >= 0.6 is 11.8 Å². The predicted octanol–water partition coefficient (Wildman–Crippen LogP) is 0.864. The van der Waals surface area contributed by atoms with Gasteiger partial charge in [0, 0.05) is 39.3 Å². The van der Waals surface area contributed by atoms with Gasteiger partial charge in [-0.25, -0.2) is 4.98 Å². The average Bonchev–Trinajstić information content (AvgIpc) is 2.46. The number of thioether (sulfide) groups is 1. The fourth-order valence-electron chi connectivity index (χ4n) is 1.93. The molecule has 0 spiro atoms. The molecular weight excluding hydrogens is 262 g/mol. The first-order chi connectivity index (χ1) is 9.16. The van der Waals surface area contributed by atoms with Gasteiger partial charge >= 0.3 is 0 Å². The first-order valence-corrected chi connectivity index (χ1v) is 7.22. The van der Waals surface area contributed by atoms with Crippen LogP contribution in [0, 0.1) is 0 Å². The Morgan fingerprint density at radius 3 is 2.47 bits per heavy atom. The van der Waals surface area contributed by atoms with Crippen molar-refractivity contribution in [1.29, 1.82) is 0 Å². The van der Waals surface area contributed by atoms with E-state index in [-0.39, 0.29) is 11.8 Å². The first kappa shape index (κ1) is 13.9. The molecule has 0 bridgehead atoms. The standard InChI is InChI=1S/C13H17N3O2S/c1-11(17)15-6-8-16(9-7-15)13(18)10-19-12-4-2-3-5-14-12/h2-5H,6-10H2,1H3. The zero-order chi connectivity index (χ0) is 13.7. The molecule has 1 aliphatic heterocycles. The molecule has 0 unspecified atom stereocenters. The molecule has 2 amide bonds. The number of amides is 2. The van der Waals surface area contributed by atoms with Crippen molar-refractivity contribution < 1.29 is 9.59 Å². The summed E-state index contributed by atoms with van der Waals surface area (Å²) in [5.74, 6) is 0.589. The first-order valence-electron chi connectivity index (χ1n) is 6.24. The fraction of sp³-hybridized carbons (Fsp3) is 0.462. The molecule has 1 aliphatic rings. The summed E-state index contributed by atoms with van der Waals surface area (Å²) >= 11 is 1.45. The van der Waals surface area contributed by atoms with E-state index in [9.17, 15) is 9.59 Å². The Labute approximate surface area is 117 Å². The van der Waals surface area contributed by atoms with E-state index in [4.69, 9.17) is 0 Å². The molecule has 5 nitrogen and oxygen atoms in total. The van der Waals surface area contributed by atoms with E-state index in [1.807, 2.05) is 23.1 Å². The van der Waals surface area contributed by atoms with Gasteiger partial charge in [-0.1, -0.05) is 17.8 Å². The number of hydrogen-bond donors (Lipinski definition) is 0. The monoisotopic (exact) mass is 279 g/mol. The highest BCUT2D eigenvalue weighted by molar-refractivity contribution is 7.99. The molecule has 2 heterocycles. The van der Waals surface area contributed by atoms with E-state index in [1.165, 1.54) is 11.8 Å². The van der Waals surface area contributed by atoms with Crippen LogP contribution in [-0.4, -0.2) is 58.5 Å². The second kappa shape index (κ2) is 6.56. The van der Waals surface area contributed by atoms with Crippen LogP contribution in [0.3, 0.4) is 0 Å². The third-order valence-corrected chi connectivity index (χ3v) is 3.99. The molecule has 1 aromatic rings. The minimum absolute atomic E-state index is 0.0787. The molecule has 102 valence electrons. The van der Waals surface area contributed by atoms with E-state index in [2.05, 4.69) is 4.98 Å². The molecule has 1 fully saturated rings. The summed E-state index contributed by atoms with van der Waals surface area (Å²) in [5, 5.41) is 0.859. The molecule has 0 radical (unpaired) electrons. The number of aromatic nitrogens is 1. The predicted molar refractivity (Wildman–Crippen MR) is 73.8 cm³/mol. The lowest BCUT2D eigenvalue weighted by molar-refractivity contribution is -0.136. The maximum atomic E-state index is 12.0. The van der Waals surface area contributed by atoms with Gasteiger partial charge in [0.1, 0.15) is 0 Å². The molecule has 0 N–H and O–H groups in total. The summed E-state index contributed by atoms with van der Waals surface area (Å²) in [4.78, 5) is 31.0. The largest absolute Gasteiger partial charge is 0.339 e. The smallest absolute Gasteiger partial charge is 0.233 e. The van der Waals surface area contributed by atoms with Crippen LogP contribution in [0.1, 0.15) is 6.92 Å². The van der Waals surface area contributed by atoms with Crippen molar-refractivity contribution in [2.75, 3.05) is 31.9 Å². The van der Waals surface area contributed by atoms with Gasteiger partial charge in [0.2, 0.25) is 11.8 Å². The highest BCUT2D eigenvalue weighted by Gasteiger charge is 2.22. The maximum absolute atomic E-state index is 12.0. The molecule has 1 saturated heterocycles. The van der Waals surface area contributed by atoms with Crippen LogP contribution < -0.4 is 0 Å². The quantitative estimate of drug-likeness (QED) is 0.770. The van der Waals surface area contributed by atoms with E-state index in [1.54, 1.807) is 18.0 Å². The minimum atomic E-state index is 0.0787. The topological polar surface area (TPSA) is 53.5 Å². The highest BCUT2D eigenvalue weighted by Crippen LogP contribution is 2.15. The lowest BCUT2D eigenvalue weighted by atomic mass is 10.3. The van der Waals surface area contributed by atoms with Crippen molar-refractivity contribution in [2.24, 2.45) is 0 Å². The Kier molecular flexibility index (Phi) is 4.79. The fourth-order valence-corrected chi connectivity index (χ4v) is 2.69. The summed E-state index contributed by atoms with van der Waals surface area (Å²) in [6.07, 6.45) is 1.72. The van der Waals surface area contributed by atoms with E-state index >= 15 is 0 Å². The number of piperazine rings is 1. The molecule has 1 aromatic heterocycles. The molecular formula is C13H17N3O2S. The lowest BCUT2D eigenvalue weighted by Crippen LogP contribution is -2.50. The lowest BCUT2D eigenvalue weighted by Gasteiger charge is -2.34. The number of pyridine rings is 1. The number of carbonyl (C=O) groups is 2. The number of rotatable bonds is 3. The summed E-state index contributed by atoms with van der Waals surface area (Å²) in [7, 11) is 0. The summed E-state index contributed by atoms with van der Waals surface area (Å²) in [5.41, 5.74) is 0. The number of nitrogens with zero attached hydrogens (tertiary/aromatic N) is 3. The normalized spacial score (nSPS) is 15.4.